The maximum absolute atomic E-state index is 12.4. The number of benzene rings is 1. The summed E-state index contributed by atoms with van der Waals surface area (Å²) in [6, 6.07) is 8.30. The molecule has 0 spiro atoms. The molecule has 1 saturated heterocycles. The second-order valence-corrected chi connectivity index (χ2v) is 10.7. The van der Waals surface area contributed by atoms with Crippen LogP contribution >= 0.6 is 15.9 Å². The standard InChI is InChI=1S/C21H26BrN3O2S/c1-21(2,3)28(26)25-13-17-10-15(16-11-19(22)20(23)24-12-16)4-5-18(17)14-6-8-27-9-7-14/h4-5,10-14H,6-9H2,1-3H3,(H2,23,24). The smallest absolute Gasteiger partial charge is 0.144 e. The van der Waals surface area contributed by atoms with Gasteiger partial charge in [0.15, 0.2) is 0 Å². The van der Waals surface area contributed by atoms with Gasteiger partial charge in [-0.25, -0.2) is 4.98 Å². The predicted molar refractivity (Wildman–Crippen MR) is 120 cm³/mol. The maximum Gasteiger partial charge on any atom is 0.144 e. The number of aromatic nitrogens is 1. The number of nitrogen functional groups attached to an aromatic ring is 1. The predicted octanol–water partition coefficient (Wildman–Crippen LogP) is 4.87. The molecule has 1 aliphatic heterocycles. The van der Waals surface area contributed by atoms with Crippen molar-refractivity contribution in [2.24, 2.45) is 4.40 Å². The molecule has 0 saturated carbocycles. The summed E-state index contributed by atoms with van der Waals surface area (Å²) in [4.78, 5) is 4.24. The molecule has 5 nitrogen and oxygen atoms in total. The topological polar surface area (TPSA) is 83.6 Å². The van der Waals surface area contributed by atoms with Crippen LogP contribution < -0.4 is 5.73 Å². The van der Waals surface area contributed by atoms with Crippen molar-refractivity contribution >= 4 is 39.3 Å². The molecule has 2 aromatic rings. The summed E-state index contributed by atoms with van der Waals surface area (Å²) >= 11 is 2.14. The van der Waals surface area contributed by atoms with Crippen molar-refractivity contribution in [1.29, 1.82) is 0 Å². The molecule has 2 N–H and O–H groups in total. The zero-order valence-corrected chi connectivity index (χ0v) is 18.8. The van der Waals surface area contributed by atoms with Gasteiger partial charge in [-0.1, -0.05) is 16.5 Å². The number of nitrogens with zero attached hydrogens (tertiary/aromatic N) is 2. The normalized spacial score (nSPS) is 17.2. The van der Waals surface area contributed by atoms with Crippen molar-refractivity contribution in [2.45, 2.75) is 44.3 Å². The van der Waals surface area contributed by atoms with Crippen molar-refractivity contribution in [3.05, 3.63) is 46.1 Å². The molecule has 2 heterocycles. The first-order valence-corrected chi connectivity index (χ1v) is 11.2. The number of rotatable bonds is 4. The Bertz CT molecular complexity index is 861. The van der Waals surface area contributed by atoms with Crippen LogP contribution in [-0.2, 0) is 16.1 Å². The Morgan fingerprint density at radius 1 is 1.25 bits per heavy atom. The molecular formula is C21H26BrN3O2S. The van der Waals surface area contributed by atoms with Crippen LogP contribution in [0, 0.1) is 0 Å². The summed E-state index contributed by atoms with van der Waals surface area (Å²) in [6.07, 6.45) is 5.49. The molecule has 1 unspecified atom stereocenters. The van der Waals surface area contributed by atoms with Crippen LogP contribution in [0.25, 0.3) is 11.1 Å². The second kappa shape index (κ2) is 8.95. The molecule has 0 aliphatic carbocycles. The Morgan fingerprint density at radius 3 is 2.61 bits per heavy atom. The van der Waals surface area contributed by atoms with E-state index in [4.69, 9.17) is 10.5 Å². The van der Waals surface area contributed by atoms with Gasteiger partial charge in [0.2, 0.25) is 0 Å². The lowest BCUT2D eigenvalue weighted by Gasteiger charge is -2.24. The highest BCUT2D eigenvalue weighted by Gasteiger charge is 2.26. The average molecular weight is 464 g/mol. The van der Waals surface area contributed by atoms with E-state index in [2.05, 4.69) is 43.5 Å². The van der Waals surface area contributed by atoms with Crippen LogP contribution in [0.2, 0.25) is 0 Å². The molecule has 150 valence electrons. The summed E-state index contributed by atoms with van der Waals surface area (Å²) in [5.41, 5.74) is 10.0. The third-order valence-corrected chi connectivity index (χ3v) is 6.74. The molecule has 28 heavy (non-hydrogen) atoms. The van der Waals surface area contributed by atoms with Gasteiger partial charge in [0.05, 0.1) is 10.7 Å². The lowest BCUT2D eigenvalue weighted by Crippen LogP contribution is -2.26. The summed E-state index contributed by atoms with van der Waals surface area (Å²) in [5.74, 6) is 0.883. The van der Waals surface area contributed by atoms with E-state index in [1.807, 2.05) is 26.8 Å². The van der Waals surface area contributed by atoms with Crippen molar-refractivity contribution in [3.63, 3.8) is 0 Å². The highest BCUT2D eigenvalue weighted by molar-refractivity contribution is 9.10. The fourth-order valence-corrected chi connectivity index (χ4v) is 3.99. The lowest BCUT2D eigenvalue weighted by atomic mass is 9.87. The molecule has 7 heteroatoms. The average Bonchev–Trinajstić information content (AvgIpc) is 2.68. The highest BCUT2D eigenvalue weighted by atomic mass is 79.9. The van der Waals surface area contributed by atoms with Crippen molar-refractivity contribution in [2.75, 3.05) is 18.9 Å². The van der Waals surface area contributed by atoms with Crippen LogP contribution in [0.5, 0.6) is 0 Å². The number of hydrogen-bond acceptors (Lipinski definition) is 5. The number of halogens is 1. The van der Waals surface area contributed by atoms with E-state index < -0.39 is 16.1 Å². The number of nitrogens with two attached hydrogens (primary N) is 1. The van der Waals surface area contributed by atoms with E-state index in [1.54, 1.807) is 12.4 Å². The summed E-state index contributed by atoms with van der Waals surface area (Å²) in [7, 11) is 0. The van der Waals surface area contributed by atoms with E-state index in [-0.39, 0.29) is 0 Å². The van der Waals surface area contributed by atoms with Gasteiger partial charge in [-0.05, 0) is 78.7 Å². The van der Waals surface area contributed by atoms with Gasteiger partial charge in [-0.2, -0.15) is 0 Å². The van der Waals surface area contributed by atoms with Crippen molar-refractivity contribution in [3.8, 4) is 11.1 Å². The van der Waals surface area contributed by atoms with E-state index in [0.29, 0.717) is 11.7 Å². The molecule has 1 fully saturated rings. The molecule has 1 aliphatic rings. The van der Waals surface area contributed by atoms with E-state index in [0.717, 1.165) is 47.2 Å². The lowest BCUT2D eigenvalue weighted by molar-refractivity contribution is 0.0853. The van der Waals surface area contributed by atoms with Gasteiger partial charge < -0.3 is 15.0 Å². The quantitative estimate of drug-likeness (QED) is 0.517. The minimum absolute atomic E-state index is 0.390. The number of anilines is 1. The van der Waals surface area contributed by atoms with E-state index >= 15 is 0 Å². The van der Waals surface area contributed by atoms with Gasteiger partial charge in [-0.3, -0.25) is 0 Å². The van der Waals surface area contributed by atoms with E-state index in [9.17, 15) is 4.55 Å². The Balaban J connectivity index is 2.00. The minimum Gasteiger partial charge on any atom is -0.591 e. The van der Waals surface area contributed by atoms with Crippen molar-refractivity contribution < 1.29 is 9.29 Å². The van der Waals surface area contributed by atoms with Gasteiger partial charge >= 0.3 is 0 Å². The Kier molecular flexibility index (Phi) is 6.81. The Hall–Kier alpha value is -1.41. The maximum atomic E-state index is 12.4. The number of hydrogen-bond donors (Lipinski definition) is 1. The summed E-state index contributed by atoms with van der Waals surface area (Å²) < 4.78 is 22.7. The third-order valence-electron chi connectivity index (χ3n) is 4.76. The highest BCUT2D eigenvalue weighted by Crippen LogP contribution is 2.33. The Morgan fingerprint density at radius 2 is 1.96 bits per heavy atom. The Labute approximate surface area is 178 Å². The SMILES string of the molecule is CC(C)(C)[S+]([O-])N=Cc1cc(-c2cnc(N)c(Br)c2)ccc1C1CCOCC1. The number of pyridine rings is 1. The second-order valence-electron chi connectivity index (χ2n) is 7.92. The fourth-order valence-electron chi connectivity index (χ4n) is 3.12. The zero-order chi connectivity index (χ0) is 20.3. The van der Waals surface area contributed by atoms with Gasteiger partial charge in [0.1, 0.15) is 21.9 Å². The zero-order valence-electron chi connectivity index (χ0n) is 16.4. The van der Waals surface area contributed by atoms with Crippen LogP contribution in [-0.4, -0.2) is 33.7 Å². The van der Waals surface area contributed by atoms with Crippen LogP contribution in [0.1, 0.15) is 50.7 Å². The summed E-state index contributed by atoms with van der Waals surface area (Å²) in [6.45, 7) is 7.31. The largest absolute Gasteiger partial charge is 0.591 e. The molecule has 1 aromatic heterocycles. The van der Waals surface area contributed by atoms with Gasteiger partial charge in [0, 0.05) is 30.5 Å². The molecule has 3 rings (SSSR count). The number of ether oxygens (including phenoxy) is 1. The molecule has 1 atom stereocenters. The molecular weight excluding hydrogens is 438 g/mol. The molecule has 0 amide bonds. The van der Waals surface area contributed by atoms with Crippen LogP contribution in [0.3, 0.4) is 0 Å². The minimum atomic E-state index is -1.30. The van der Waals surface area contributed by atoms with Gasteiger partial charge in [0.25, 0.3) is 0 Å². The van der Waals surface area contributed by atoms with Crippen molar-refractivity contribution in [1.82, 2.24) is 4.98 Å². The molecule has 0 bridgehead atoms. The van der Waals surface area contributed by atoms with Crippen LogP contribution in [0.15, 0.2) is 39.3 Å². The first kappa shape index (κ1) is 21.3. The monoisotopic (exact) mass is 463 g/mol. The van der Waals surface area contributed by atoms with Gasteiger partial charge in [-0.15, -0.1) is 0 Å². The summed E-state index contributed by atoms with van der Waals surface area (Å²) in [5, 5.41) is 0. The third kappa shape index (κ3) is 5.14. The molecule has 1 aromatic carbocycles. The van der Waals surface area contributed by atoms with Crippen LogP contribution in [0.4, 0.5) is 5.82 Å². The molecule has 0 radical (unpaired) electrons. The first-order chi connectivity index (χ1) is 13.3. The fraction of sp³-hybridized carbons (Fsp3) is 0.429. The first-order valence-electron chi connectivity index (χ1n) is 9.35. The van der Waals surface area contributed by atoms with E-state index in [1.165, 1.54) is 5.56 Å².